The molecule has 90 valence electrons. The maximum Gasteiger partial charge on any atom is 0.239 e. The van der Waals surface area contributed by atoms with Crippen molar-refractivity contribution < 1.29 is 9.84 Å². The van der Waals surface area contributed by atoms with Crippen LogP contribution in [0.3, 0.4) is 0 Å². The number of rotatable bonds is 2. The average molecular weight is 261 g/mol. The van der Waals surface area contributed by atoms with Crippen molar-refractivity contribution in [1.82, 2.24) is 4.98 Å². The predicted molar refractivity (Wildman–Crippen MR) is 66.9 cm³/mol. The molecule has 0 saturated heterocycles. The zero-order valence-corrected chi connectivity index (χ0v) is 10.3. The molecule has 0 bridgehead atoms. The Morgan fingerprint density at radius 1 is 1.39 bits per heavy atom. The third-order valence-corrected chi connectivity index (χ3v) is 2.81. The first-order valence-corrected chi connectivity index (χ1v) is 5.52. The highest BCUT2D eigenvalue weighted by atomic mass is 35.5. The highest BCUT2D eigenvalue weighted by Crippen LogP contribution is 2.33. The maximum atomic E-state index is 9.56. The third kappa shape index (κ3) is 2.22. The SMILES string of the molecule is Cc1c(O)cccc1Oc1nccc(C#N)c1Cl. The summed E-state index contributed by atoms with van der Waals surface area (Å²) in [5.74, 6) is 0.712. The average Bonchev–Trinajstić information content (AvgIpc) is 2.37. The van der Waals surface area contributed by atoms with E-state index in [9.17, 15) is 5.11 Å². The van der Waals surface area contributed by atoms with Gasteiger partial charge in [0.05, 0.1) is 5.56 Å². The Morgan fingerprint density at radius 3 is 2.89 bits per heavy atom. The van der Waals surface area contributed by atoms with E-state index in [-0.39, 0.29) is 16.7 Å². The Labute approximate surface area is 109 Å². The van der Waals surface area contributed by atoms with Gasteiger partial charge in [0.1, 0.15) is 22.6 Å². The fourth-order valence-corrected chi connectivity index (χ4v) is 1.59. The quantitative estimate of drug-likeness (QED) is 0.898. The molecule has 2 aromatic rings. The van der Waals surface area contributed by atoms with Crippen LogP contribution in [0.4, 0.5) is 0 Å². The molecule has 0 aliphatic rings. The number of benzene rings is 1. The summed E-state index contributed by atoms with van der Waals surface area (Å²) >= 11 is 5.98. The van der Waals surface area contributed by atoms with E-state index < -0.39 is 0 Å². The van der Waals surface area contributed by atoms with E-state index in [1.54, 1.807) is 25.1 Å². The smallest absolute Gasteiger partial charge is 0.239 e. The summed E-state index contributed by atoms with van der Waals surface area (Å²) in [7, 11) is 0. The number of aromatic hydroxyl groups is 1. The lowest BCUT2D eigenvalue weighted by Gasteiger charge is -2.10. The third-order valence-electron chi connectivity index (χ3n) is 2.44. The predicted octanol–water partition coefficient (Wildman–Crippen LogP) is 3.41. The van der Waals surface area contributed by atoms with Crippen LogP contribution in [0.5, 0.6) is 17.4 Å². The molecule has 4 nitrogen and oxygen atoms in total. The van der Waals surface area contributed by atoms with Gasteiger partial charge in [0.15, 0.2) is 0 Å². The number of aromatic nitrogens is 1. The fourth-order valence-electron chi connectivity index (χ4n) is 1.40. The molecule has 5 heteroatoms. The van der Waals surface area contributed by atoms with Gasteiger partial charge >= 0.3 is 0 Å². The van der Waals surface area contributed by atoms with Crippen molar-refractivity contribution >= 4 is 11.6 Å². The van der Waals surface area contributed by atoms with E-state index in [1.165, 1.54) is 12.3 Å². The molecule has 0 fully saturated rings. The summed E-state index contributed by atoms with van der Waals surface area (Å²) in [6.07, 6.45) is 1.44. The Kier molecular flexibility index (Phi) is 3.35. The van der Waals surface area contributed by atoms with E-state index in [0.717, 1.165) is 0 Å². The van der Waals surface area contributed by atoms with Crippen molar-refractivity contribution in [3.8, 4) is 23.4 Å². The molecule has 1 aromatic carbocycles. The van der Waals surface area contributed by atoms with Crippen molar-refractivity contribution in [2.45, 2.75) is 6.92 Å². The van der Waals surface area contributed by atoms with Crippen LogP contribution in [0.15, 0.2) is 30.5 Å². The number of halogens is 1. The molecule has 18 heavy (non-hydrogen) atoms. The monoisotopic (exact) mass is 260 g/mol. The molecule has 0 amide bonds. The van der Waals surface area contributed by atoms with E-state index in [2.05, 4.69) is 4.98 Å². The minimum Gasteiger partial charge on any atom is -0.508 e. The van der Waals surface area contributed by atoms with Gasteiger partial charge in [-0.05, 0) is 25.1 Å². The minimum absolute atomic E-state index is 0.125. The standard InChI is InChI=1S/C13H9ClN2O2/c1-8-10(17)3-2-4-11(8)18-13-12(14)9(7-15)5-6-16-13/h2-6,17H,1H3. The van der Waals surface area contributed by atoms with Crippen LogP contribution < -0.4 is 4.74 Å². The van der Waals surface area contributed by atoms with Crippen LogP contribution in [-0.4, -0.2) is 10.1 Å². The molecule has 0 spiro atoms. The fraction of sp³-hybridized carbons (Fsp3) is 0.0769. The molecule has 0 radical (unpaired) electrons. The van der Waals surface area contributed by atoms with Gasteiger partial charge in [-0.1, -0.05) is 17.7 Å². The lowest BCUT2D eigenvalue weighted by atomic mass is 10.2. The summed E-state index contributed by atoms with van der Waals surface area (Å²) in [5, 5.41) is 18.6. The number of nitriles is 1. The van der Waals surface area contributed by atoms with Gasteiger partial charge in [-0.25, -0.2) is 4.98 Å². The molecule has 1 N–H and O–H groups in total. The maximum absolute atomic E-state index is 9.56. The number of phenolic OH excluding ortho intramolecular Hbond substituents is 1. The number of ether oxygens (including phenoxy) is 1. The summed E-state index contributed by atoms with van der Waals surface area (Å²) < 4.78 is 5.51. The summed E-state index contributed by atoms with van der Waals surface area (Å²) in [5.41, 5.74) is 0.872. The zero-order chi connectivity index (χ0) is 13.1. The molecular formula is C13H9ClN2O2. The first-order valence-electron chi connectivity index (χ1n) is 5.14. The molecular weight excluding hydrogens is 252 g/mol. The van der Waals surface area contributed by atoms with Gasteiger partial charge < -0.3 is 9.84 Å². The van der Waals surface area contributed by atoms with Crippen LogP contribution in [0, 0.1) is 18.3 Å². The summed E-state index contributed by atoms with van der Waals surface area (Å²) in [6, 6.07) is 8.35. The first kappa shape index (κ1) is 12.2. The second kappa shape index (κ2) is 4.94. The number of phenols is 1. The number of hydrogen-bond acceptors (Lipinski definition) is 4. The van der Waals surface area contributed by atoms with Gasteiger partial charge in [0.2, 0.25) is 5.88 Å². The first-order chi connectivity index (χ1) is 8.63. The second-order valence-electron chi connectivity index (χ2n) is 3.59. The molecule has 1 aromatic heterocycles. The zero-order valence-electron chi connectivity index (χ0n) is 9.51. The van der Waals surface area contributed by atoms with Crippen LogP contribution in [0.1, 0.15) is 11.1 Å². The van der Waals surface area contributed by atoms with Gasteiger partial charge in [-0.3, -0.25) is 0 Å². The molecule has 2 rings (SSSR count). The van der Waals surface area contributed by atoms with E-state index in [0.29, 0.717) is 16.9 Å². The minimum atomic E-state index is 0.125. The molecule has 0 unspecified atom stereocenters. The lowest BCUT2D eigenvalue weighted by Crippen LogP contribution is -1.93. The largest absolute Gasteiger partial charge is 0.508 e. The van der Waals surface area contributed by atoms with E-state index in [4.69, 9.17) is 21.6 Å². The molecule has 0 saturated carbocycles. The van der Waals surface area contributed by atoms with Crippen LogP contribution >= 0.6 is 11.6 Å². The van der Waals surface area contributed by atoms with Crippen molar-refractivity contribution in [2.24, 2.45) is 0 Å². The molecule has 0 aliphatic heterocycles. The Hall–Kier alpha value is -2.25. The van der Waals surface area contributed by atoms with E-state index in [1.807, 2.05) is 6.07 Å². The normalized spacial score (nSPS) is 9.83. The van der Waals surface area contributed by atoms with E-state index >= 15 is 0 Å². The van der Waals surface area contributed by atoms with Crippen molar-refractivity contribution in [2.75, 3.05) is 0 Å². The Balaban J connectivity index is 2.41. The summed E-state index contributed by atoms with van der Waals surface area (Å²) in [6.45, 7) is 1.71. The van der Waals surface area contributed by atoms with Crippen molar-refractivity contribution in [1.29, 1.82) is 5.26 Å². The molecule has 0 aliphatic carbocycles. The van der Waals surface area contributed by atoms with Gasteiger partial charge in [0.25, 0.3) is 0 Å². The van der Waals surface area contributed by atoms with Crippen LogP contribution in [-0.2, 0) is 0 Å². The Bertz CT molecular complexity index is 635. The molecule has 1 heterocycles. The number of hydrogen-bond donors (Lipinski definition) is 1. The lowest BCUT2D eigenvalue weighted by molar-refractivity contribution is 0.439. The number of pyridine rings is 1. The van der Waals surface area contributed by atoms with Crippen molar-refractivity contribution in [3.63, 3.8) is 0 Å². The molecule has 0 atom stereocenters. The van der Waals surface area contributed by atoms with Crippen LogP contribution in [0.25, 0.3) is 0 Å². The summed E-state index contributed by atoms with van der Waals surface area (Å²) in [4.78, 5) is 3.97. The Morgan fingerprint density at radius 2 is 2.17 bits per heavy atom. The topological polar surface area (TPSA) is 66.1 Å². The number of nitrogens with zero attached hydrogens (tertiary/aromatic N) is 2. The van der Waals surface area contributed by atoms with Crippen molar-refractivity contribution in [3.05, 3.63) is 46.6 Å². The van der Waals surface area contributed by atoms with Gasteiger partial charge in [-0.15, -0.1) is 0 Å². The van der Waals surface area contributed by atoms with Gasteiger partial charge in [-0.2, -0.15) is 5.26 Å². The van der Waals surface area contributed by atoms with Crippen LogP contribution in [0.2, 0.25) is 5.02 Å². The highest BCUT2D eigenvalue weighted by Gasteiger charge is 2.11. The van der Waals surface area contributed by atoms with Gasteiger partial charge in [0, 0.05) is 11.8 Å². The highest BCUT2D eigenvalue weighted by molar-refractivity contribution is 6.33. The second-order valence-corrected chi connectivity index (χ2v) is 3.97.